The Labute approximate surface area is 118 Å². The first-order valence-corrected chi connectivity index (χ1v) is 7.28. The number of hydrogen-bond acceptors (Lipinski definition) is 5. The molecule has 0 heterocycles. The molecule has 0 aliphatic carbocycles. The molecule has 0 aliphatic rings. The van der Waals surface area contributed by atoms with Crippen LogP contribution in [0.4, 0.5) is 0 Å². The number of nitrogens with zero attached hydrogens (tertiary/aromatic N) is 1. The maximum absolute atomic E-state index is 12.0. The van der Waals surface area contributed by atoms with Gasteiger partial charge in [0.1, 0.15) is 12.4 Å². The standard InChI is InChI=1S/C12H18N2O5S/c1-14(2)20(16,17)13-12(15)10-6-4-5-7-11(10)19-9-8-18-3/h4-7H,8-9H2,1-3H3,(H,13,15). The molecule has 1 aromatic rings. The lowest BCUT2D eigenvalue weighted by molar-refractivity contribution is 0.0972. The van der Waals surface area contributed by atoms with E-state index in [0.717, 1.165) is 4.31 Å². The van der Waals surface area contributed by atoms with Crippen molar-refractivity contribution in [2.45, 2.75) is 0 Å². The van der Waals surface area contributed by atoms with Crippen molar-refractivity contribution in [1.29, 1.82) is 0 Å². The van der Waals surface area contributed by atoms with Gasteiger partial charge in [-0.15, -0.1) is 0 Å². The third kappa shape index (κ3) is 4.48. The van der Waals surface area contributed by atoms with Crippen LogP contribution in [0.1, 0.15) is 10.4 Å². The topological polar surface area (TPSA) is 84.9 Å². The lowest BCUT2D eigenvalue weighted by Crippen LogP contribution is -2.39. The van der Waals surface area contributed by atoms with E-state index in [1.807, 2.05) is 4.72 Å². The molecule has 0 radical (unpaired) electrons. The molecular formula is C12H18N2O5S. The van der Waals surface area contributed by atoms with E-state index in [2.05, 4.69) is 0 Å². The third-order valence-corrected chi connectivity index (χ3v) is 3.78. The first-order chi connectivity index (χ1) is 9.38. The SMILES string of the molecule is COCCOc1ccccc1C(=O)NS(=O)(=O)N(C)C. The minimum Gasteiger partial charge on any atom is -0.490 e. The second-order valence-corrected chi connectivity index (χ2v) is 5.94. The number of ether oxygens (including phenoxy) is 2. The van der Waals surface area contributed by atoms with Crippen LogP contribution < -0.4 is 9.46 Å². The Morgan fingerprint density at radius 2 is 1.90 bits per heavy atom. The molecule has 0 fully saturated rings. The molecule has 1 aromatic carbocycles. The normalized spacial score (nSPS) is 11.4. The number of nitrogens with one attached hydrogen (secondary N) is 1. The zero-order chi connectivity index (χ0) is 15.2. The Morgan fingerprint density at radius 3 is 2.50 bits per heavy atom. The number of amides is 1. The number of hydrogen-bond donors (Lipinski definition) is 1. The Morgan fingerprint density at radius 1 is 1.25 bits per heavy atom. The number of methoxy groups -OCH3 is 1. The highest BCUT2D eigenvalue weighted by Gasteiger charge is 2.20. The number of carbonyl (C=O) groups is 1. The van der Waals surface area contributed by atoms with Gasteiger partial charge in [-0.2, -0.15) is 12.7 Å². The van der Waals surface area contributed by atoms with Crippen LogP contribution in [0.3, 0.4) is 0 Å². The molecule has 0 atom stereocenters. The number of para-hydroxylation sites is 1. The molecule has 8 heteroatoms. The fourth-order valence-electron chi connectivity index (χ4n) is 1.28. The van der Waals surface area contributed by atoms with Gasteiger partial charge in [-0.05, 0) is 12.1 Å². The molecule has 7 nitrogen and oxygen atoms in total. The highest BCUT2D eigenvalue weighted by atomic mass is 32.2. The molecule has 0 unspecified atom stereocenters. The second kappa shape index (κ2) is 7.22. The van der Waals surface area contributed by atoms with Crippen molar-refractivity contribution in [2.24, 2.45) is 0 Å². The van der Waals surface area contributed by atoms with Crippen molar-refractivity contribution in [3.63, 3.8) is 0 Å². The van der Waals surface area contributed by atoms with Crippen LogP contribution in [0.25, 0.3) is 0 Å². The van der Waals surface area contributed by atoms with Crippen LogP contribution in [-0.2, 0) is 14.9 Å². The van der Waals surface area contributed by atoms with Gasteiger partial charge in [0.2, 0.25) is 0 Å². The maximum atomic E-state index is 12.0. The van der Waals surface area contributed by atoms with Crippen LogP contribution in [0.2, 0.25) is 0 Å². The zero-order valence-corrected chi connectivity index (χ0v) is 12.4. The van der Waals surface area contributed by atoms with Crippen molar-refractivity contribution in [1.82, 2.24) is 9.03 Å². The molecule has 1 amide bonds. The number of rotatable bonds is 7. The summed E-state index contributed by atoms with van der Waals surface area (Å²) in [6.07, 6.45) is 0. The zero-order valence-electron chi connectivity index (χ0n) is 11.6. The summed E-state index contributed by atoms with van der Waals surface area (Å²) in [5.74, 6) is -0.442. The van der Waals surface area contributed by atoms with Crippen LogP contribution in [0.15, 0.2) is 24.3 Å². The van der Waals surface area contributed by atoms with E-state index in [-0.39, 0.29) is 12.2 Å². The molecule has 1 rings (SSSR count). The molecule has 0 saturated heterocycles. The summed E-state index contributed by atoms with van der Waals surface area (Å²) >= 11 is 0. The van der Waals surface area contributed by atoms with Crippen LogP contribution in [-0.4, -0.2) is 53.0 Å². The predicted molar refractivity (Wildman–Crippen MR) is 73.9 cm³/mol. The van der Waals surface area contributed by atoms with Crippen LogP contribution in [0.5, 0.6) is 5.75 Å². The van der Waals surface area contributed by atoms with Gasteiger partial charge in [0.05, 0.1) is 12.2 Å². The maximum Gasteiger partial charge on any atom is 0.303 e. The lowest BCUT2D eigenvalue weighted by atomic mass is 10.2. The van der Waals surface area contributed by atoms with Crippen molar-refractivity contribution in [2.75, 3.05) is 34.4 Å². The third-order valence-electron chi connectivity index (χ3n) is 2.38. The summed E-state index contributed by atoms with van der Waals surface area (Å²) in [7, 11) is 0.359. The predicted octanol–water partition coefficient (Wildman–Crippen LogP) is 0.248. The summed E-state index contributed by atoms with van der Waals surface area (Å²) in [6, 6.07) is 6.40. The average molecular weight is 302 g/mol. The fourth-order valence-corrected chi connectivity index (χ4v) is 1.81. The molecule has 0 saturated carbocycles. The second-order valence-electron chi connectivity index (χ2n) is 4.06. The monoisotopic (exact) mass is 302 g/mol. The van der Waals surface area contributed by atoms with E-state index >= 15 is 0 Å². The molecule has 112 valence electrons. The largest absolute Gasteiger partial charge is 0.490 e. The summed E-state index contributed by atoms with van der Waals surface area (Å²) in [6.45, 7) is 0.632. The Hall–Kier alpha value is -1.64. The molecule has 20 heavy (non-hydrogen) atoms. The van der Waals surface area contributed by atoms with Crippen molar-refractivity contribution in [3.05, 3.63) is 29.8 Å². The Balaban J connectivity index is 2.88. The van der Waals surface area contributed by atoms with Gasteiger partial charge in [0.25, 0.3) is 5.91 Å². The summed E-state index contributed by atoms with van der Waals surface area (Å²) in [5.41, 5.74) is 0.147. The summed E-state index contributed by atoms with van der Waals surface area (Å²) < 4.78 is 36.3. The quantitative estimate of drug-likeness (QED) is 0.730. The summed E-state index contributed by atoms with van der Waals surface area (Å²) in [4.78, 5) is 12.0. The number of carbonyl (C=O) groups excluding carboxylic acids is 1. The van der Waals surface area contributed by atoms with Gasteiger partial charge in [-0.3, -0.25) is 4.79 Å². The van der Waals surface area contributed by atoms with E-state index < -0.39 is 16.1 Å². The minimum atomic E-state index is -3.83. The van der Waals surface area contributed by atoms with Crippen molar-refractivity contribution < 1.29 is 22.7 Å². The van der Waals surface area contributed by atoms with Crippen LogP contribution in [0, 0.1) is 0 Å². The van der Waals surface area contributed by atoms with Gasteiger partial charge in [0, 0.05) is 21.2 Å². The van der Waals surface area contributed by atoms with E-state index in [1.165, 1.54) is 27.3 Å². The van der Waals surface area contributed by atoms with Gasteiger partial charge < -0.3 is 9.47 Å². The van der Waals surface area contributed by atoms with Gasteiger partial charge >= 0.3 is 10.2 Å². The summed E-state index contributed by atoms with van der Waals surface area (Å²) in [5, 5.41) is 0. The van der Waals surface area contributed by atoms with E-state index in [0.29, 0.717) is 12.4 Å². The average Bonchev–Trinajstić information content (AvgIpc) is 2.39. The molecule has 0 spiro atoms. The van der Waals surface area contributed by atoms with Gasteiger partial charge in [-0.25, -0.2) is 4.72 Å². The van der Waals surface area contributed by atoms with Crippen LogP contribution >= 0.6 is 0 Å². The molecule has 0 aliphatic heterocycles. The van der Waals surface area contributed by atoms with Crippen molar-refractivity contribution >= 4 is 16.1 Å². The van der Waals surface area contributed by atoms with E-state index in [4.69, 9.17) is 9.47 Å². The van der Waals surface area contributed by atoms with Crippen molar-refractivity contribution in [3.8, 4) is 5.75 Å². The Kier molecular flexibility index (Phi) is 5.93. The Bertz CT molecular complexity index is 557. The first kappa shape index (κ1) is 16.4. The molecule has 0 bridgehead atoms. The van der Waals surface area contributed by atoms with Gasteiger partial charge in [0.15, 0.2) is 0 Å². The van der Waals surface area contributed by atoms with Gasteiger partial charge in [-0.1, -0.05) is 12.1 Å². The molecular weight excluding hydrogens is 284 g/mol. The highest BCUT2D eigenvalue weighted by Crippen LogP contribution is 2.18. The highest BCUT2D eigenvalue weighted by molar-refractivity contribution is 7.87. The molecule has 0 aromatic heterocycles. The fraction of sp³-hybridized carbons (Fsp3) is 0.417. The van der Waals surface area contributed by atoms with E-state index in [1.54, 1.807) is 18.2 Å². The first-order valence-electron chi connectivity index (χ1n) is 5.84. The lowest BCUT2D eigenvalue weighted by Gasteiger charge is -2.14. The number of benzene rings is 1. The van der Waals surface area contributed by atoms with E-state index in [9.17, 15) is 13.2 Å². The molecule has 1 N–H and O–H groups in total. The minimum absolute atomic E-state index is 0.147. The smallest absolute Gasteiger partial charge is 0.303 e.